The molecule has 1 atom stereocenters. The zero-order valence-corrected chi connectivity index (χ0v) is 14.1. The van der Waals surface area contributed by atoms with Gasteiger partial charge in [0.15, 0.2) is 0 Å². The lowest BCUT2D eigenvalue weighted by Crippen LogP contribution is -2.35. The molecule has 1 amide bonds. The fraction of sp³-hybridized carbons (Fsp3) is 0.611. The number of anilines is 1. The Morgan fingerprint density at radius 1 is 1.32 bits per heavy atom. The summed E-state index contributed by atoms with van der Waals surface area (Å²) in [4.78, 5) is 14.6. The Labute approximate surface area is 134 Å². The van der Waals surface area contributed by atoms with E-state index in [9.17, 15) is 4.79 Å². The molecule has 2 rings (SSSR count). The maximum Gasteiger partial charge on any atom is 0.241 e. The minimum absolute atomic E-state index is 0.0733. The summed E-state index contributed by atoms with van der Waals surface area (Å²) in [5.74, 6) is 0.644. The normalized spacial score (nSPS) is 15.9. The molecule has 122 valence electrons. The predicted octanol–water partition coefficient (Wildman–Crippen LogP) is 3.11. The average molecular weight is 303 g/mol. The lowest BCUT2D eigenvalue weighted by Gasteiger charge is -2.16. The Balaban J connectivity index is 2.02. The van der Waals surface area contributed by atoms with Gasteiger partial charge in [-0.05, 0) is 42.5 Å². The zero-order chi connectivity index (χ0) is 16.1. The van der Waals surface area contributed by atoms with Crippen molar-refractivity contribution in [2.45, 2.75) is 59.2 Å². The van der Waals surface area contributed by atoms with Crippen LogP contribution >= 0.6 is 0 Å². The maximum absolute atomic E-state index is 12.1. The molecule has 1 aliphatic heterocycles. The molecule has 4 heteroatoms. The van der Waals surface area contributed by atoms with E-state index in [4.69, 9.17) is 5.73 Å². The number of hydrogen-bond acceptors (Lipinski definition) is 3. The van der Waals surface area contributed by atoms with E-state index in [-0.39, 0.29) is 5.91 Å². The first-order chi connectivity index (χ1) is 10.5. The Kier molecular flexibility index (Phi) is 5.98. The van der Waals surface area contributed by atoms with Crippen molar-refractivity contribution in [3.05, 3.63) is 29.3 Å². The van der Waals surface area contributed by atoms with E-state index in [0.29, 0.717) is 0 Å². The van der Waals surface area contributed by atoms with E-state index in [1.165, 1.54) is 17.5 Å². The van der Waals surface area contributed by atoms with E-state index < -0.39 is 6.04 Å². The highest BCUT2D eigenvalue weighted by Crippen LogP contribution is 2.29. The summed E-state index contributed by atoms with van der Waals surface area (Å²) in [5, 5.41) is 3.02. The molecule has 0 aromatic heterocycles. The first-order valence-corrected chi connectivity index (χ1v) is 8.40. The van der Waals surface area contributed by atoms with Crippen molar-refractivity contribution in [3.8, 4) is 0 Å². The third-order valence-corrected chi connectivity index (χ3v) is 4.27. The van der Waals surface area contributed by atoms with Crippen molar-refractivity contribution < 1.29 is 4.79 Å². The third kappa shape index (κ3) is 4.31. The number of hydrogen-bond donors (Lipinski definition) is 2. The first kappa shape index (κ1) is 17.0. The maximum atomic E-state index is 12.1. The molecule has 3 N–H and O–H groups in total. The van der Waals surface area contributed by atoms with Crippen LogP contribution in [-0.2, 0) is 17.9 Å². The van der Waals surface area contributed by atoms with Crippen LogP contribution in [0.5, 0.6) is 0 Å². The highest BCUT2D eigenvalue weighted by molar-refractivity contribution is 5.95. The molecule has 1 heterocycles. The zero-order valence-electron chi connectivity index (χ0n) is 14.1. The van der Waals surface area contributed by atoms with Crippen LogP contribution in [0.2, 0.25) is 0 Å². The van der Waals surface area contributed by atoms with Gasteiger partial charge in [0, 0.05) is 18.8 Å². The van der Waals surface area contributed by atoms with Crippen LogP contribution in [0, 0.1) is 5.92 Å². The van der Waals surface area contributed by atoms with Crippen molar-refractivity contribution in [3.63, 3.8) is 0 Å². The molecule has 0 fully saturated rings. The van der Waals surface area contributed by atoms with Gasteiger partial charge in [-0.15, -0.1) is 0 Å². The molecule has 0 saturated heterocycles. The van der Waals surface area contributed by atoms with Crippen LogP contribution in [0.15, 0.2) is 18.2 Å². The van der Waals surface area contributed by atoms with Gasteiger partial charge < -0.3 is 11.1 Å². The highest BCUT2D eigenvalue weighted by Gasteiger charge is 2.23. The van der Waals surface area contributed by atoms with Gasteiger partial charge in [0.05, 0.1) is 6.04 Å². The number of nitrogens with two attached hydrogens (primary N) is 1. The van der Waals surface area contributed by atoms with Gasteiger partial charge in [0.25, 0.3) is 0 Å². The number of nitrogens with one attached hydrogen (secondary N) is 1. The van der Waals surface area contributed by atoms with Gasteiger partial charge in [-0.25, -0.2) is 0 Å². The summed E-state index contributed by atoms with van der Waals surface area (Å²) < 4.78 is 0. The summed E-state index contributed by atoms with van der Waals surface area (Å²) in [5.41, 5.74) is 9.42. The van der Waals surface area contributed by atoms with E-state index in [1.54, 1.807) is 0 Å². The van der Waals surface area contributed by atoms with Crippen LogP contribution in [0.3, 0.4) is 0 Å². The molecule has 0 saturated carbocycles. The predicted molar refractivity (Wildman–Crippen MR) is 91.5 cm³/mol. The topological polar surface area (TPSA) is 58.4 Å². The van der Waals surface area contributed by atoms with Crippen molar-refractivity contribution >= 4 is 11.6 Å². The van der Waals surface area contributed by atoms with Gasteiger partial charge in [-0.2, -0.15) is 0 Å². The molecule has 0 aliphatic carbocycles. The molecule has 0 bridgehead atoms. The third-order valence-electron chi connectivity index (χ3n) is 4.27. The molecular weight excluding hydrogens is 274 g/mol. The van der Waals surface area contributed by atoms with Crippen LogP contribution in [0.25, 0.3) is 0 Å². The summed E-state index contributed by atoms with van der Waals surface area (Å²) in [6.07, 6.45) is 2.85. The van der Waals surface area contributed by atoms with Crippen LogP contribution in [-0.4, -0.2) is 23.4 Å². The van der Waals surface area contributed by atoms with Gasteiger partial charge >= 0.3 is 0 Å². The molecule has 1 aliphatic rings. The largest absolute Gasteiger partial charge is 0.324 e. The number of amides is 1. The van der Waals surface area contributed by atoms with Crippen LogP contribution in [0.4, 0.5) is 5.69 Å². The standard InChI is InChI=1S/C18H29N3O/c1-4-6-16(19)18(22)20-17-8-5-7-14-11-21(12-15(14)17)10-9-13(2)3/h5,7-8,13,16H,4,6,9-12,19H2,1-3H3,(H,20,22). The van der Waals surface area contributed by atoms with Gasteiger partial charge in [-0.1, -0.05) is 39.3 Å². The first-order valence-electron chi connectivity index (χ1n) is 8.40. The Morgan fingerprint density at radius 2 is 2.09 bits per heavy atom. The fourth-order valence-electron chi connectivity index (χ4n) is 2.87. The summed E-state index contributed by atoms with van der Waals surface area (Å²) >= 11 is 0. The second kappa shape index (κ2) is 7.75. The van der Waals surface area contributed by atoms with Crippen molar-refractivity contribution in [1.82, 2.24) is 4.90 Å². The Hall–Kier alpha value is -1.39. The quantitative estimate of drug-likeness (QED) is 0.813. The number of benzene rings is 1. The fourth-order valence-corrected chi connectivity index (χ4v) is 2.87. The molecule has 1 aromatic carbocycles. The minimum atomic E-state index is -0.417. The van der Waals surface area contributed by atoms with Gasteiger partial charge in [0.1, 0.15) is 0 Å². The summed E-state index contributed by atoms with van der Waals surface area (Å²) in [6, 6.07) is 5.75. The van der Waals surface area contributed by atoms with E-state index in [2.05, 4.69) is 30.1 Å². The molecule has 22 heavy (non-hydrogen) atoms. The minimum Gasteiger partial charge on any atom is -0.324 e. The van der Waals surface area contributed by atoms with Gasteiger partial charge in [-0.3, -0.25) is 9.69 Å². The van der Waals surface area contributed by atoms with E-state index in [1.807, 2.05) is 19.1 Å². The summed E-state index contributed by atoms with van der Waals surface area (Å²) in [7, 11) is 0. The number of nitrogens with zero attached hydrogens (tertiary/aromatic N) is 1. The van der Waals surface area contributed by atoms with Crippen molar-refractivity contribution in [1.29, 1.82) is 0 Å². The second-order valence-corrected chi connectivity index (χ2v) is 6.72. The second-order valence-electron chi connectivity index (χ2n) is 6.72. The number of rotatable bonds is 7. The lowest BCUT2D eigenvalue weighted by atomic mass is 10.1. The average Bonchev–Trinajstić information content (AvgIpc) is 2.89. The van der Waals surface area contributed by atoms with Gasteiger partial charge in [0.2, 0.25) is 5.91 Å². The molecule has 0 radical (unpaired) electrons. The van der Waals surface area contributed by atoms with Crippen LogP contribution < -0.4 is 11.1 Å². The summed E-state index contributed by atoms with van der Waals surface area (Å²) in [6.45, 7) is 9.55. The molecule has 0 spiro atoms. The van der Waals surface area contributed by atoms with E-state index in [0.717, 1.165) is 44.1 Å². The van der Waals surface area contributed by atoms with Crippen molar-refractivity contribution in [2.75, 3.05) is 11.9 Å². The molecule has 4 nitrogen and oxygen atoms in total. The smallest absolute Gasteiger partial charge is 0.241 e. The Bertz CT molecular complexity index is 513. The molecular formula is C18H29N3O. The molecule has 1 aromatic rings. The lowest BCUT2D eigenvalue weighted by molar-refractivity contribution is -0.117. The molecule has 1 unspecified atom stereocenters. The number of carbonyl (C=O) groups excluding carboxylic acids is 1. The van der Waals surface area contributed by atoms with E-state index >= 15 is 0 Å². The number of carbonyl (C=O) groups is 1. The number of fused-ring (bicyclic) bond motifs is 1. The SMILES string of the molecule is CCCC(N)C(=O)Nc1cccc2c1CN(CCC(C)C)C2. The monoisotopic (exact) mass is 303 g/mol. The Morgan fingerprint density at radius 3 is 2.77 bits per heavy atom. The van der Waals surface area contributed by atoms with Crippen LogP contribution in [0.1, 0.15) is 51.2 Å². The highest BCUT2D eigenvalue weighted by atomic mass is 16.2. The van der Waals surface area contributed by atoms with Crippen molar-refractivity contribution in [2.24, 2.45) is 11.7 Å².